The lowest BCUT2D eigenvalue weighted by Crippen LogP contribution is -2.31. The van der Waals surface area contributed by atoms with E-state index < -0.39 is 0 Å². The lowest BCUT2D eigenvalue weighted by molar-refractivity contribution is 0.201. The average Bonchev–Trinajstić information content (AvgIpc) is 2.78. The van der Waals surface area contributed by atoms with E-state index in [0.29, 0.717) is 0 Å². The third kappa shape index (κ3) is 3.96. The Morgan fingerprint density at radius 3 is 2.35 bits per heavy atom. The fourth-order valence-corrected chi connectivity index (χ4v) is 3.74. The first-order valence-corrected chi connectivity index (χ1v) is 7.74. The van der Waals surface area contributed by atoms with E-state index in [4.69, 9.17) is 5.73 Å². The summed E-state index contributed by atoms with van der Waals surface area (Å²) in [5, 5.41) is 0. The standard InChI is InChI=1S/C15H30N2/c1-2-3-14-8-9-17(11-14)12-15-6-4-13(10-16)5-7-15/h13-15H,2-12,16H2,1H3. The maximum absolute atomic E-state index is 5.75. The second kappa shape index (κ2) is 6.75. The first kappa shape index (κ1) is 13.4. The molecule has 0 aromatic rings. The monoisotopic (exact) mass is 238 g/mol. The number of nitrogens with two attached hydrogens (primary N) is 1. The van der Waals surface area contributed by atoms with Crippen molar-refractivity contribution in [3.05, 3.63) is 0 Å². The van der Waals surface area contributed by atoms with Gasteiger partial charge in [-0.2, -0.15) is 0 Å². The molecule has 1 aliphatic carbocycles. The Morgan fingerprint density at radius 1 is 1.00 bits per heavy atom. The third-order valence-electron chi connectivity index (χ3n) is 4.88. The zero-order valence-electron chi connectivity index (χ0n) is 11.5. The van der Waals surface area contributed by atoms with Crippen LogP contribution in [-0.4, -0.2) is 31.1 Å². The van der Waals surface area contributed by atoms with Crippen molar-refractivity contribution >= 4 is 0 Å². The van der Waals surface area contributed by atoms with Crippen LogP contribution < -0.4 is 5.73 Å². The minimum absolute atomic E-state index is 0.831. The summed E-state index contributed by atoms with van der Waals surface area (Å²) in [5.41, 5.74) is 5.75. The maximum atomic E-state index is 5.75. The molecule has 1 aliphatic heterocycles. The van der Waals surface area contributed by atoms with Gasteiger partial charge in [0.15, 0.2) is 0 Å². The molecule has 2 nitrogen and oxygen atoms in total. The summed E-state index contributed by atoms with van der Waals surface area (Å²) in [5.74, 6) is 2.80. The Balaban J connectivity index is 1.65. The van der Waals surface area contributed by atoms with Crippen LogP contribution in [0.1, 0.15) is 51.9 Å². The van der Waals surface area contributed by atoms with Crippen LogP contribution in [0.15, 0.2) is 0 Å². The molecule has 0 amide bonds. The second-order valence-corrected chi connectivity index (χ2v) is 6.33. The molecule has 1 saturated heterocycles. The Bertz CT molecular complexity index is 209. The summed E-state index contributed by atoms with van der Waals surface area (Å²) in [4.78, 5) is 2.73. The fraction of sp³-hybridized carbons (Fsp3) is 1.00. The topological polar surface area (TPSA) is 29.3 Å². The quantitative estimate of drug-likeness (QED) is 0.798. The number of hydrogen-bond acceptors (Lipinski definition) is 2. The van der Waals surface area contributed by atoms with Crippen LogP contribution in [-0.2, 0) is 0 Å². The van der Waals surface area contributed by atoms with Gasteiger partial charge in [0.25, 0.3) is 0 Å². The summed E-state index contributed by atoms with van der Waals surface area (Å²) < 4.78 is 0. The molecule has 2 N–H and O–H groups in total. The van der Waals surface area contributed by atoms with Gasteiger partial charge in [0.2, 0.25) is 0 Å². The van der Waals surface area contributed by atoms with Crippen LogP contribution in [0.2, 0.25) is 0 Å². The lowest BCUT2D eigenvalue weighted by Gasteiger charge is -2.30. The number of hydrogen-bond donors (Lipinski definition) is 1. The van der Waals surface area contributed by atoms with Gasteiger partial charge in [-0.05, 0) is 69.4 Å². The maximum Gasteiger partial charge on any atom is 0.00102 e. The molecule has 0 bridgehead atoms. The zero-order valence-corrected chi connectivity index (χ0v) is 11.5. The van der Waals surface area contributed by atoms with Crippen molar-refractivity contribution in [2.75, 3.05) is 26.2 Å². The molecule has 1 unspecified atom stereocenters. The smallest absolute Gasteiger partial charge is 0.00102 e. The third-order valence-corrected chi connectivity index (χ3v) is 4.88. The predicted octanol–water partition coefficient (Wildman–Crippen LogP) is 2.87. The molecule has 1 saturated carbocycles. The molecule has 1 atom stereocenters. The van der Waals surface area contributed by atoms with Gasteiger partial charge < -0.3 is 10.6 Å². The van der Waals surface area contributed by atoms with Gasteiger partial charge in [-0.25, -0.2) is 0 Å². The first-order chi connectivity index (χ1) is 8.31. The molecule has 0 radical (unpaired) electrons. The Kier molecular flexibility index (Phi) is 5.30. The van der Waals surface area contributed by atoms with Crippen molar-refractivity contribution < 1.29 is 0 Å². The van der Waals surface area contributed by atoms with Crippen molar-refractivity contribution in [3.8, 4) is 0 Å². The summed E-state index contributed by atoms with van der Waals surface area (Å²) in [6.07, 6.45) is 9.87. The number of nitrogens with zero attached hydrogens (tertiary/aromatic N) is 1. The van der Waals surface area contributed by atoms with Gasteiger partial charge in [0, 0.05) is 13.1 Å². The molecule has 0 spiro atoms. The Morgan fingerprint density at radius 2 is 1.71 bits per heavy atom. The summed E-state index contributed by atoms with van der Waals surface area (Å²) >= 11 is 0. The SMILES string of the molecule is CCCC1CCN(CC2CCC(CN)CC2)C1. The lowest BCUT2D eigenvalue weighted by atomic mass is 9.82. The highest BCUT2D eigenvalue weighted by Gasteiger charge is 2.26. The van der Waals surface area contributed by atoms with E-state index in [1.807, 2.05) is 0 Å². The van der Waals surface area contributed by atoms with E-state index in [-0.39, 0.29) is 0 Å². The molecule has 2 aliphatic rings. The van der Waals surface area contributed by atoms with E-state index in [1.54, 1.807) is 0 Å². The van der Waals surface area contributed by atoms with Gasteiger partial charge in [-0.15, -0.1) is 0 Å². The van der Waals surface area contributed by atoms with E-state index >= 15 is 0 Å². The minimum Gasteiger partial charge on any atom is -0.330 e. The van der Waals surface area contributed by atoms with E-state index in [9.17, 15) is 0 Å². The van der Waals surface area contributed by atoms with E-state index in [0.717, 1.165) is 24.3 Å². The van der Waals surface area contributed by atoms with Crippen molar-refractivity contribution in [3.63, 3.8) is 0 Å². The van der Waals surface area contributed by atoms with Crippen LogP contribution in [0.3, 0.4) is 0 Å². The average molecular weight is 238 g/mol. The van der Waals surface area contributed by atoms with Crippen LogP contribution in [0, 0.1) is 17.8 Å². The van der Waals surface area contributed by atoms with Crippen molar-refractivity contribution in [1.82, 2.24) is 4.90 Å². The molecule has 1 heterocycles. The van der Waals surface area contributed by atoms with Gasteiger partial charge >= 0.3 is 0 Å². The minimum atomic E-state index is 0.831. The second-order valence-electron chi connectivity index (χ2n) is 6.33. The number of likely N-dealkylation sites (tertiary alicyclic amines) is 1. The zero-order chi connectivity index (χ0) is 12.1. The highest BCUT2D eigenvalue weighted by atomic mass is 15.1. The van der Waals surface area contributed by atoms with Gasteiger partial charge in [0.1, 0.15) is 0 Å². The summed E-state index contributed by atoms with van der Waals surface area (Å²) in [7, 11) is 0. The van der Waals surface area contributed by atoms with E-state index in [1.165, 1.54) is 64.6 Å². The van der Waals surface area contributed by atoms with Crippen molar-refractivity contribution in [2.24, 2.45) is 23.5 Å². The van der Waals surface area contributed by atoms with E-state index in [2.05, 4.69) is 11.8 Å². The first-order valence-electron chi connectivity index (χ1n) is 7.74. The Labute approximate surface area is 107 Å². The molecular weight excluding hydrogens is 208 g/mol. The molecule has 2 rings (SSSR count). The van der Waals surface area contributed by atoms with Crippen LogP contribution in [0.4, 0.5) is 0 Å². The van der Waals surface area contributed by atoms with Gasteiger partial charge in [0.05, 0.1) is 0 Å². The molecule has 17 heavy (non-hydrogen) atoms. The highest BCUT2D eigenvalue weighted by molar-refractivity contribution is 4.80. The Hall–Kier alpha value is -0.0800. The van der Waals surface area contributed by atoms with Crippen LogP contribution in [0.25, 0.3) is 0 Å². The van der Waals surface area contributed by atoms with Crippen LogP contribution >= 0.6 is 0 Å². The molecule has 2 heteroatoms. The molecule has 2 fully saturated rings. The fourth-order valence-electron chi connectivity index (χ4n) is 3.74. The predicted molar refractivity (Wildman–Crippen MR) is 74.0 cm³/mol. The van der Waals surface area contributed by atoms with Crippen molar-refractivity contribution in [1.29, 1.82) is 0 Å². The number of rotatable bonds is 5. The van der Waals surface area contributed by atoms with Gasteiger partial charge in [-0.3, -0.25) is 0 Å². The largest absolute Gasteiger partial charge is 0.330 e. The normalized spacial score (nSPS) is 35.3. The summed E-state index contributed by atoms with van der Waals surface area (Å²) in [6.45, 7) is 7.34. The molecule has 0 aromatic carbocycles. The molecule has 0 aromatic heterocycles. The van der Waals surface area contributed by atoms with Crippen LogP contribution in [0.5, 0.6) is 0 Å². The molecular formula is C15H30N2. The van der Waals surface area contributed by atoms with Gasteiger partial charge in [-0.1, -0.05) is 13.3 Å². The summed E-state index contributed by atoms with van der Waals surface area (Å²) in [6, 6.07) is 0. The highest BCUT2D eigenvalue weighted by Crippen LogP contribution is 2.30. The van der Waals surface area contributed by atoms with Crippen molar-refractivity contribution in [2.45, 2.75) is 51.9 Å². The molecule has 100 valence electrons.